The van der Waals surface area contributed by atoms with Gasteiger partial charge in [-0.15, -0.1) is 0 Å². The molecule has 0 saturated heterocycles. The zero-order valence-corrected chi connectivity index (χ0v) is 14.1. The van der Waals surface area contributed by atoms with Crippen LogP contribution in [0, 0.1) is 0 Å². The van der Waals surface area contributed by atoms with Gasteiger partial charge in [0.1, 0.15) is 11.5 Å². The molecule has 0 aliphatic rings. The van der Waals surface area contributed by atoms with Gasteiger partial charge in [0.2, 0.25) is 5.91 Å². The van der Waals surface area contributed by atoms with Crippen molar-refractivity contribution in [3.63, 3.8) is 0 Å². The largest absolute Gasteiger partial charge is 0.497 e. The summed E-state index contributed by atoms with van der Waals surface area (Å²) in [7, 11) is -1.86. The molecule has 0 aliphatic heterocycles. The zero-order valence-electron chi connectivity index (χ0n) is 13.3. The van der Waals surface area contributed by atoms with E-state index in [0.717, 1.165) is 13.1 Å². The molecule has 1 aromatic rings. The topological polar surface area (TPSA) is 75.7 Å². The molecule has 0 aliphatic carbocycles. The first kappa shape index (κ1) is 18.4. The molecule has 1 rings (SSSR count). The standard InChI is InChI=1S/C15H24N2O4S/c1-4-17(5-2)10-11-22(19,20)12-15(18)16-13-6-8-14(21-3)9-7-13/h6-9H,4-5,10-12H2,1-3H3,(H,16,18). The molecule has 1 aromatic carbocycles. The molecule has 0 bridgehead atoms. The summed E-state index contributed by atoms with van der Waals surface area (Å²) in [6.07, 6.45) is 0. The number of hydrogen-bond donors (Lipinski definition) is 1. The van der Waals surface area contributed by atoms with Gasteiger partial charge in [-0.05, 0) is 37.4 Å². The predicted octanol–water partition coefficient (Wildman–Crippen LogP) is 1.39. The van der Waals surface area contributed by atoms with Gasteiger partial charge in [-0.2, -0.15) is 0 Å². The Morgan fingerprint density at radius 2 is 1.77 bits per heavy atom. The third-order valence-electron chi connectivity index (χ3n) is 3.34. The minimum Gasteiger partial charge on any atom is -0.497 e. The van der Waals surface area contributed by atoms with Crippen LogP contribution in [0.5, 0.6) is 5.75 Å². The van der Waals surface area contributed by atoms with Crippen LogP contribution in [0.3, 0.4) is 0 Å². The summed E-state index contributed by atoms with van der Waals surface area (Å²) < 4.78 is 28.9. The minimum atomic E-state index is -3.41. The third-order valence-corrected chi connectivity index (χ3v) is 4.84. The second kappa shape index (κ2) is 8.75. The normalized spacial score (nSPS) is 11.5. The average molecular weight is 328 g/mol. The Kier molecular flexibility index (Phi) is 7.34. The SMILES string of the molecule is CCN(CC)CCS(=O)(=O)CC(=O)Nc1ccc(OC)cc1. The van der Waals surface area contributed by atoms with Crippen LogP contribution in [0.2, 0.25) is 0 Å². The van der Waals surface area contributed by atoms with E-state index >= 15 is 0 Å². The fraction of sp³-hybridized carbons (Fsp3) is 0.533. The molecule has 0 saturated carbocycles. The van der Waals surface area contributed by atoms with Gasteiger partial charge in [0.05, 0.1) is 12.9 Å². The van der Waals surface area contributed by atoms with Crippen LogP contribution < -0.4 is 10.1 Å². The van der Waals surface area contributed by atoms with Crippen LogP contribution in [0.25, 0.3) is 0 Å². The lowest BCUT2D eigenvalue weighted by Gasteiger charge is -2.17. The van der Waals surface area contributed by atoms with Crippen molar-refractivity contribution in [1.82, 2.24) is 4.90 Å². The molecule has 0 aromatic heterocycles. The number of ether oxygens (including phenoxy) is 1. The van der Waals surface area contributed by atoms with Gasteiger partial charge < -0.3 is 15.0 Å². The second-order valence-electron chi connectivity index (χ2n) is 4.90. The fourth-order valence-corrected chi connectivity index (χ4v) is 3.10. The number of anilines is 1. The van der Waals surface area contributed by atoms with Crippen molar-refractivity contribution in [2.75, 3.05) is 43.6 Å². The number of nitrogens with zero attached hydrogens (tertiary/aromatic N) is 1. The molecular weight excluding hydrogens is 304 g/mol. The zero-order chi connectivity index (χ0) is 16.6. The van der Waals surface area contributed by atoms with E-state index in [0.29, 0.717) is 18.0 Å². The van der Waals surface area contributed by atoms with Crippen LogP contribution >= 0.6 is 0 Å². The summed E-state index contributed by atoms with van der Waals surface area (Å²) in [4.78, 5) is 13.8. The van der Waals surface area contributed by atoms with Gasteiger partial charge in [-0.1, -0.05) is 13.8 Å². The van der Waals surface area contributed by atoms with Crippen molar-refractivity contribution in [1.29, 1.82) is 0 Å². The van der Waals surface area contributed by atoms with Crippen molar-refractivity contribution in [3.05, 3.63) is 24.3 Å². The van der Waals surface area contributed by atoms with E-state index in [1.807, 2.05) is 18.7 Å². The van der Waals surface area contributed by atoms with E-state index < -0.39 is 21.5 Å². The number of methoxy groups -OCH3 is 1. The average Bonchev–Trinajstić information content (AvgIpc) is 2.48. The first-order valence-electron chi connectivity index (χ1n) is 7.26. The maximum absolute atomic E-state index is 12.0. The van der Waals surface area contributed by atoms with Gasteiger partial charge >= 0.3 is 0 Å². The molecule has 0 atom stereocenters. The van der Waals surface area contributed by atoms with E-state index in [1.54, 1.807) is 31.4 Å². The van der Waals surface area contributed by atoms with Gasteiger partial charge in [0, 0.05) is 12.2 Å². The second-order valence-corrected chi connectivity index (χ2v) is 7.08. The highest BCUT2D eigenvalue weighted by molar-refractivity contribution is 7.92. The Morgan fingerprint density at radius 1 is 1.18 bits per heavy atom. The molecule has 124 valence electrons. The van der Waals surface area contributed by atoms with Crippen molar-refractivity contribution in [3.8, 4) is 5.75 Å². The smallest absolute Gasteiger partial charge is 0.239 e. The van der Waals surface area contributed by atoms with Gasteiger partial charge in [0.25, 0.3) is 0 Å². The lowest BCUT2D eigenvalue weighted by molar-refractivity contribution is -0.113. The number of carbonyl (C=O) groups is 1. The number of amides is 1. The number of sulfone groups is 1. The van der Waals surface area contributed by atoms with E-state index in [-0.39, 0.29) is 5.75 Å². The summed E-state index contributed by atoms with van der Waals surface area (Å²) in [5, 5.41) is 2.58. The Balaban J connectivity index is 2.51. The summed E-state index contributed by atoms with van der Waals surface area (Å²) in [5.74, 6) is -0.361. The molecule has 7 heteroatoms. The molecule has 0 spiro atoms. The lowest BCUT2D eigenvalue weighted by atomic mass is 10.3. The number of hydrogen-bond acceptors (Lipinski definition) is 5. The van der Waals surface area contributed by atoms with Crippen LogP contribution in [0.15, 0.2) is 24.3 Å². The Labute approximate surface area is 132 Å². The van der Waals surface area contributed by atoms with Crippen molar-refractivity contribution >= 4 is 21.4 Å². The quantitative estimate of drug-likeness (QED) is 0.741. The van der Waals surface area contributed by atoms with Gasteiger partial charge in [0.15, 0.2) is 9.84 Å². The van der Waals surface area contributed by atoms with Crippen LogP contribution in [-0.4, -0.2) is 57.5 Å². The van der Waals surface area contributed by atoms with Crippen LogP contribution in [0.1, 0.15) is 13.8 Å². The summed E-state index contributed by atoms with van der Waals surface area (Å²) >= 11 is 0. The lowest BCUT2D eigenvalue weighted by Crippen LogP contribution is -2.32. The molecular formula is C15H24N2O4S. The van der Waals surface area contributed by atoms with E-state index in [1.165, 1.54) is 0 Å². The third kappa shape index (κ3) is 6.44. The van der Waals surface area contributed by atoms with E-state index in [4.69, 9.17) is 4.74 Å². The molecule has 1 amide bonds. The fourth-order valence-electron chi connectivity index (χ4n) is 1.95. The number of benzene rings is 1. The summed E-state index contributed by atoms with van der Waals surface area (Å²) in [5.41, 5.74) is 0.546. The summed E-state index contributed by atoms with van der Waals surface area (Å²) in [6.45, 7) is 6.00. The van der Waals surface area contributed by atoms with Crippen LogP contribution in [-0.2, 0) is 14.6 Å². The maximum Gasteiger partial charge on any atom is 0.239 e. The number of nitrogens with one attached hydrogen (secondary N) is 1. The first-order chi connectivity index (χ1) is 10.4. The van der Waals surface area contributed by atoms with Crippen LogP contribution in [0.4, 0.5) is 5.69 Å². The molecule has 0 radical (unpaired) electrons. The maximum atomic E-state index is 12.0. The Morgan fingerprint density at radius 3 is 2.27 bits per heavy atom. The highest BCUT2D eigenvalue weighted by atomic mass is 32.2. The number of rotatable bonds is 9. The van der Waals surface area contributed by atoms with Gasteiger partial charge in [-0.3, -0.25) is 4.79 Å². The summed E-state index contributed by atoms with van der Waals surface area (Å²) in [6, 6.07) is 6.73. The molecule has 0 heterocycles. The van der Waals surface area contributed by atoms with Gasteiger partial charge in [-0.25, -0.2) is 8.42 Å². The first-order valence-corrected chi connectivity index (χ1v) is 9.09. The van der Waals surface area contributed by atoms with Crippen molar-refractivity contribution in [2.45, 2.75) is 13.8 Å². The molecule has 22 heavy (non-hydrogen) atoms. The molecule has 1 N–H and O–H groups in total. The van der Waals surface area contributed by atoms with E-state index in [9.17, 15) is 13.2 Å². The Bertz CT molecular complexity index is 566. The van der Waals surface area contributed by atoms with E-state index in [2.05, 4.69) is 5.32 Å². The number of carbonyl (C=O) groups excluding carboxylic acids is 1. The minimum absolute atomic E-state index is 0.00921. The molecule has 6 nitrogen and oxygen atoms in total. The van der Waals surface area contributed by atoms with Crippen molar-refractivity contribution in [2.24, 2.45) is 0 Å². The highest BCUT2D eigenvalue weighted by Gasteiger charge is 2.17. The monoisotopic (exact) mass is 328 g/mol. The Hall–Kier alpha value is -1.60. The molecule has 0 unspecified atom stereocenters. The molecule has 0 fully saturated rings. The van der Waals surface area contributed by atoms with Crippen molar-refractivity contribution < 1.29 is 17.9 Å². The highest BCUT2D eigenvalue weighted by Crippen LogP contribution is 2.14. The predicted molar refractivity (Wildman–Crippen MR) is 88.1 cm³/mol.